The molecule has 0 radical (unpaired) electrons. The maximum absolute atomic E-state index is 10.0. The molecular weight excluding hydrogens is 148 g/mol. The normalized spacial score (nSPS) is 9.45. The fraction of sp³-hybridized carbons (Fsp3) is 0. The molecule has 0 saturated heterocycles. The minimum atomic E-state index is -0.167. The lowest BCUT2D eigenvalue weighted by molar-refractivity contribution is 1.19. The number of nitrogens with zero attached hydrogens (tertiary/aromatic N) is 3. The number of nitrogens with two attached hydrogens (primary N) is 3. The van der Waals surface area contributed by atoms with Crippen LogP contribution in [0.4, 0.5) is 23.3 Å². The van der Waals surface area contributed by atoms with Gasteiger partial charge in [-0.1, -0.05) is 0 Å². The van der Waals surface area contributed by atoms with Crippen molar-refractivity contribution in [2.24, 2.45) is 5.18 Å². The lowest BCUT2D eigenvalue weighted by Crippen LogP contribution is -2.03. The van der Waals surface area contributed by atoms with E-state index in [0.717, 1.165) is 0 Å². The average molecular weight is 154 g/mol. The van der Waals surface area contributed by atoms with Crippen LogP contribution in [0.15, 0.2) is 5.18 Å². The van der Waals surface area contributed by atoms with Gasteiger partial charge < -0.3 is 17.2 Å². The second kappa shape index (κ2) is 2.37. The van der Waals surface area contributed by atoms with E-state index >= 15 is 0 Å². The first-order valence-electron chi connectivity index (χ1n) is 2.67. The molecular formula is C4H6N6O. The van der Waals surface area contributed by atoms with Crippen molar-refractivity contribution in [2.45, 2.75) is 0 Å². The average Bonchev–Trinajstić information content (AvgIpc) is 1.85. The largest absolute Gasteiger partial charge is 0.382 e. The van der Waals surface area contributed by atoms with Gasteiger partial charge in [0.25, 0.3) is 0 Å². The van der Waals surface area contributed by atoms with Crippen LogP contribution in [-0.2, 0) is 0 Å². The van der Waals surface area contributed by atoms with Gasteiger partial charge in [0.05, 0.1) is 0 Å². The van der Waals surface area contributed by atoms with E-state index < -0.39 is 0 Å². The van der Waals surface area contributed by atoms with E-state index in [2.05, 4.69) is 15.1 Å². The Hall–Kier alpha value is -1.92. The summed E-state index contributed by atoms with van der Waals surface area (Å²) in [5.41, 5.74) is 15.4. The van der Waals surface area contributed by atoms with Gasteiger partial charge in [0.1, 0.15) is 0 Å². The highest BCUT2D eigenvalue weighted by atomic mass is 16.3. The minimum absolute atomic E-state index is 0.0765. The SMILES string of the molecule is Nc1nc(N)c(N=O)c(N)n1. The maximum Gasteiger partial charge on any atom is 0.224 e. The lowest BCUT2D eigenvalue weighted by Gasteiger charge is -1.99. The highest BCUT2D eigenvalue weighted by molar-refractivity contribution is 5.71. The van der Waals surface area contributed by atoms with Crippen LogP contribution in [0.5, 0.6) is 0 Å². The number of nitrogen functional groups attached to an aromatic ring is 3. The van der Waals surface area contributed by atoms with Gasteiger partial charge in [-0.2, -0.15) is 9.97 Å². The summed E-state index contributed by atoms with van der Waals surface area (Å²) in [5, 5.41) is 2.53. The Morgan fingerprint density at radius 1 is 1.09 bits per heavy atom. The molecule has 1 aromatic heterocycles. The number of rotatable bonds is 1. The van der Waals surface area contributed by atoms with E-state index in [-0.39, 0.29) is 23.3 Å². The van der Waals surface area contributed by atoms with Gasteiger partial charge in [0.15, 0.2) is 17.3 Å². The molecule has 1 rings (SSSR count). The van der Waals surface area contributed by atoms with Crippen LogP contribution in [0.25, 0.3) is 0 Å². The quantitative estimate of drug-likeness (QED) is 0.472. The van der Waals surface area contributed by atoms with Crippen molar-refractivity contribution < 1.29 is 0 Å². The predicted molar refractivity (Wildman–Crippen MR) is 40.7 cm³/mol. The molecule has 0 unspecified atom stereocenters. The highest BCUT2D eigenvalue weighted by Gasteiger charge is 2.07. The molecule has 0 amide bonds. The fourth-order valence-electron chi connectivity index (χ4n) is 0.602. The molecule has 0 atom stereocenters. The van der Waals surface area contributed by atoms with E-state index in [0.29, 0.717) is 0 Å². The van der Waals surface area contributed by atoms with Gasteiger partial charge in [-0.3, -0.25) is 0 Å². The van der Waals surface area contributed by atoms with Gasteiger partial charge >= 0.3 is 0 Å². The molecule has 0 saturated carbocycles. The first-order valence-corrected chi connectivity index (χ1v) is 2.67. The van der Waals surface area contributed by atoms with Crippen molar-refractivity contribution in [3.8, 4) is 0 Å². The second-order valence-electron chi connectivity index (χ2n) is 1.79. The molecule has 0 spiro atoms. The smallest absolute Gasteiger partial charge is 0.224 e. The van der Waals surface area contributed by atoms with E-state index in [1.54, 1.807) is 0 Å². The lowest BCUT2D eigenvalue weighted by atomic mass is 10.4. The molecule has 6 N–H and O–H groups in total. The Morgan fingerprint density at radius 3 is 1.91 bits per heavy atom. The van der Waals surface area contributed by atoms with Crippen molar-refractivity contribution in [2.75, 3.05) is 17.2 Å². The molecule has 7 nitrogen and oxygen atoms in total. The van der Waals surface area contributed by atoms with Crippen molar-refractivity contribution in [1.29, 1.82) is 0 Å². The Morgan fingerprint density at radius 2 is 1.55 bits per heavy atom. The number of aromatic nitrogens is 2. The molecule has 0 aliphatic carbocycles. The zero-order chi connectivity index (χ0) is 8.43. The Balaban J connectivity index is 3.36. The first-order chi connectivity index (χ1) is 5.15. The third-order valence-electron chi connectivity index (χ3n) is 1.05. The number of anilines is 3. The van der Waals surface area contributed by atoms with E-state index in [4.69, 9.17) is 17.2 Å². The van der Waals surface area contributed by atoms with Crippen LogP contribution in [-0.4, -0.2) is 9.97 Å². The van der Waals surface area contributed by atoms with Crippen LogP contribution >= 0.6 is 0 Å². The van der Waals surface area contributed by atoms with Crippen LogP contribution in [0.2, 0.25) is 0 Å². The molecule has 1 aromatic rings. The Labute approximate surface area is 61.6 Å². The van der Waals surface area contributed by atoms with E-state index in [1.165, 1.54) is 0 Å². The minimum Gasteiger partial charge on any atom is -0.382 e. The molecule has 0 aliphatic rings. The summed E-state index contributed by atoms with van der Waals surface area (Å²) in [6.45, 7) is 0. The standard InChI is InChI=1S/C4H6N6O/c5-2-1(10-11)3(6)9-4(7)8-2/h(H6,5,6,7,8,9). The molecule has 58 valence electrons. The number of hydrogen-bond acceptors (Lipinski definition) is 7. The first kappa shape index (κ1) is 7.19. The van der Waals surface area contributed by atoms with Crippen molar-refractivity contribution in [3.05, 3.63) is 4.91 Å². The van der Waals surface area contributed by atoms with Crippen LogP contribution < -0.4 is 17.2 Å². The van der Waals surface area contributed by atoms with Gasteiger partial charge in [-0.05, 0) is 5.18 Å². The molecule has 0 bridgehead atoms. The Kier molecular flexibility index (Phi) is 1.55. The van der Waals surface area contributed by atoms with Crippen molar-refractivity contribution in [1.82, 2.24) is 9.97 Å². The maximum atomic E-state index is 10.0. The fourth-order valence-corrected chi connectivity index (χ4v) is 0.602. The summed E-state index contributed by atoms with van der Waals surface area (Å²) in [6.07, 6.45) is 0. The summed E-state index contributed by atoms with van der Waals surface area (Å²) in [7, 11) is 0. The third kappa shape index (κ3) is 1.16. The summed E-state index contributed by atoms with van der Waals surface area (Å²) in [5.74, 6) is -0.289. The van der Waals surface area contributed by atoms with Crippen molar-refractivity contribution >= 4 is 23.3 Å². The molecule has 0 aliphatic heterocycles. The van der Waals surface area contributed by atoms with Gasteiger partial charge in [-0.15, -0.1) is 4.91 Å². The molecule has 11 heavy (non-hydrogen) atoms. The predicted octanol–water partition coefficient (Wildman–Crippen LogP) is -0.379. The van der Waals surface area contributed by atoms with Gasteiger partial charge in [0.2, 0.25) is 5.95 Å². The van der Waals surface area contributed by atoms with Gasteiger partial charge in [0, 0.05) is 0 Å². The Bertz CT molecular complexity index is 274. The number of hydrogen-bond donors (Lipinski definition) is 3. The van der Waals surface area contributed by atoms with Crippen molar-refractivity contribution in [3.63, 3.8) is 0 Å². The third-order valence-corrected chi connectivity index (χ3v) is 1.05. The molecule has 0 aromatic carbocycles. The summed E-state index contributed by atoms with van der Waals surface area (Å²) < 4.78 is 0. The monoisotopic (exact) mass is 154 g/mol. The zero-order valence-corrected chi connectivity index (χ0v) is 5.48. The summed E-state index contributed by atoms with van der Waals surface area (Å²) in [4.78, 5) is 17.0. The molecule has 0 fully saturated rings. The van der Waals surface area contributed by atoms with E-state index in [9.17, 15) is 4.91 Å². The van der Waals surface area contributed by atoms with Crippen LogP contribution in [0.3, 0.4) is 0 Å². The zero-order valence-electron chi connectivity index (χ0n) is 5.48. The molecule has 1 heterocycles. The summed E-state index contributed by atoms with van der Waals surface area (Å²) >= 11 is 0. The highest BCUT2D eigenvalue weighted by Crippen LogP contribution is 2.25. The summed E-state index contributed by atoms with van der Waals surface area (Å²) in [6, 6.07) is 0. The topological polar surface area (TPSA) is 133 Å². The second-order valence-corrected chi connectivity index (χ2v) is 1.79. The number of nitroso groups, excluding NO2 is 1. The van der Waals surface area contributed by atoms with Gasteiger partial charge in [-0.25, -0.2) is 0 Å². The van der Waals surface area contributed by atoms with Crippen LogP contribution in [0.1, 0.15) is 0 Å². The van der Waals surface area contributed by atoms with Crippen LogP contribution in [0, 0.1) is 4.91 Å². The van der Waals surface area contributed by atoms with E-state index in [1.807, 2.05) is 0 Å². The molecule has 7 heteroatoms.